The summed E-state index contributed by atoms with van der Waals surface area (Å²) in [5.74, 6) is 1.11. The number of hydrogen-bond donors (Lipinski definition) is 1. The van der Waals surface area contributed by atoms with Gasteiger partial charge in [-0.15, -0.1) is 0 Å². The highest BCUT2D eigenvalue weighted by Crippen LogP contribution is 2.34. The first-order valence-electron chi connectivity index (χ1n) is 13.9. The Morgan fingerprint density at radius 2 is 1.80 bits per heavy atom. The van der Waals surface area contributed by atoms with Gasteiger partial charge >= 0.3 is 6.18 Å². The van der Waals surface area contributed by atoms with Gasteiger partial charge in [0.1, 0.15) is 11.4 Å². The van der Waals surface area contributed by atoms with Gasteiger partial charge in [0.25, 0.3) is 0 Å². The first kappa shape index (κ1) is 26.4. The van der Waals surface area contributed by atoms with Crippen LogP contribution >= 0.6 is 0 Å². The van der Waals surface area contributed by atoms with Crippen LogP contribution in [0, 0.1) is 11.8 Å². The van der Waals surface area contributed by atoms with Crippen LogP contribution in [0.25, 0.3) is 21.9 Å². The molecule has 1 atom stereocenters. The minimum Gasteiger partial charge on any atom is -0.493 e. The molecule has 1 N–H and O–H groups in total. The van der Waals surface area contributed by atoms with E-state index in [-0.39, 0.29) is 11.8 Å². The predicted octanol–water partition coefficient (Wildman–Crippen LogP) is 6.05. The summed E-state index contributed by atoms with van der Waals surface area (Å²) >= 11 is 0. The van der Waals surface area contributed by atoms with E-state index >= 15 is 0 Å². The molecule has 1 aromatic carbocycles. The van der Waals surface area contributed by atoms with Crippen molar-refractivity contribution in [1.82, 2.24) is 19.9 Å². The molecule has 0 saturated carbocycles. The van der Waals surface area contributed by atoms with Crippen molar-refractivity contribution in [3.63, 3.8) is 0 Å². The number of carbonyl (C=O) groups excluding carboxylic acids is 1. The third kappa shape index (κ3) is 5.57. The van der Waals surface area contributed by atoms with Crippen molar-refractivity contribution in [2.24, 2.45) is 11.8 Å². The number of hydrogen-bond acceptors (Lipinski definition) is 5. The number of amides is 1. The summed E-state index contributed by atoms with van der Waals surface area (Å²) in [6, 6.07) is 8.89. The second-order valence-corrected chi connectivity index (χ2v) is 10.9. The lowest BCUT2D eigenvalue weighted by Crippen LogP contribution is -2.43. The van der Waals surface area contributed by atoms with Crippen molar-refractivity contribution in [3.05, 3.63) is 60.6 Å². The van der Waals surface area contributed by atoms with Crippen LogP contribution in [-0.2, 0) is 11.0 Å². The maximum absolute atomic E-state index is 13.2. The number of halogens is 3. The molecular weight excluding hydrogens is 519 g/mol. The Hall–Kier alpha value is -3.82. The van der Waals surface area contributed by atoms with Crippen LogP contribution in [0.2, 0.25) is 0 Å². The number of rotatable bonds is 6. The number of likely N-dealkylation sites (tertiary alicyclic amines) is 1. The highest BCUT2D eigenvalue weighted by Gasteiger charge is 2.31. The van der Waals surface area contributed by atoms with E-state index < -0.39 is 11.7 Å². The Labute approximate surface area is 230 Å². The van der Waals surface area contributed by atoms with E-state index in [2.05, 4.69) is 25.9 Å². The van der Waals surface area contributed by atoms with E-state index in [0.29, 0.717) is 31.2 Å². The molecule has 3 aromatic heterocycles. The van der Waals surface area contributed by atoms with Crippen LogP contribution in [0.5, 0.6) is 5.75 Å². The molecule has 0 bridgehead atoms. The number of carbonyl (C=O) groups is 1. The number of nitrogens with zero attached hydrogens (tertiary/aromatic N) is 4. The van der Waals surface area contributed by atoms with Crippen LogP contribution < -0.4 is 9.64 Å². The van der Waals surface area contributed by atoms with Crippen LogP contribution in [0.3, 0.4) is 0 Å². The highest BCUT2D eigenvalue weighted by molar-refractivity contribution is 6.09. The summed E-state index contributed by atoms with van der Waals surface area (Å²) in [4.78, 5) is 29.7. The Morgan fingerprint density at radius 3 is 2.58 bits per heavy atom. The Kier molecular flexibility index (Phi) is 7.25. The van der Waals surface area contributed by atoms with Gasteiger partial charge in [-0.2, -0.15) is 13.2 Å². The lowest BCUT2D eigenvalue weighted by molar-refractivity contribution is -0.137. The second kappa shape index (κ2) is 11.0. The second-order valence-electron chi connectivity index (χ2n) is 10.9. The van der Waals surface area contributed by atoms with E-state index in [1.165, 1.54) is 12.1 Å². The molecule has 40 heavy (non-hydrogen) atoms. The van der Waals surface area contributed by atoms with Crippen molar-refractivity contribution in [2.45, 2.75) is 38.3 Å². The molecule has 1 amide bonds. The Bertz CT molecular complexity index is 1480. The van der Waals surface area contributed by atoms with Gasteiger partial charge in [0.05, 0.1) is 23.9 Å². The maximum Gasteiger partial charge on any atom is 0.416 e. The zero-order valence-corrected chi connectivity index (χ0v) is 22.2. The van der Waals surface area contributed by atoms with Crippen molar-refractivity contribution in [1.29, 1.82) is 0 Å². The number of fused-ring (bicyclic) bond motifs is 3. The fraction of sp³-hybridized carbons (Fsp3) is 0.433. The van der Waals surface area contributed by atoms with Gasteiger partial charge in [0, 0.05) is 67.4 Å². The zero-order chi connectivity index (χ0) is 27.7. The van der Waals surface area contributed by atoms with Gasteiger partial charge in [-0.25, -0.2) is 4.98 Å². The normalized spacial score (nSPS) is 18.9. The average molecular weight is 552 g/mol. The maximum atomic E-state index is 13.2. The number of alkyl halides is 3. The van der Waals surface area contributed by atoms with E-state index in [1.807, 2.05) is 29.6 Å². The molecule has 0 spiro atoms. The average Bonchev–Trinajstić information content (AvgIpc) is 3.46. The monoisotopic (exact) mass is 551 g/mol. The SMILES string of the molecule is O=C(CC1CCN(c2ccnc3cnc4[nH]ccc4c23)CC1)N1CCCC(COc2ccc(C(F)(F)F)cc2)C1. The number of anilines is 1. The first-order valence-corrected chi connectivity index (χ1v) is 13.9. The molecule has 0 aliphatic carbocycles. The number of nitrogens with one attached hydrogen (secondary N) is 1. The lowest BCUT2D eigenvalue weighted by Gasteiger charge is -2.36. The van der Waals surface area contributed by atoms with E-state index in [0.717, 1.165) is 85.1 Å². The van der Waals surface area contributed by atoms with Gasteiger partial charge < -0.3 is 19.5 Å². The molecule has 10 heteroatoms. The molecular formula is C30H32F3N5O2. The van der Waals surface area contributed by atoms with E-state index in [4.69, 9.17) is 4.74 Å². The highest BCUT2D eigenvalue weighted by atomic mass is 19.4. The van der Waals surface area contributed by atoms with Crippen molar-refractivity contribution >= 4 is 33.5 Å². The van der Waals surface area contributed by atoms with Gasteiger partial charge in [-0.05, 0) is 68.0 Å². The summed E-state index contributed by atoms with van der Waals surface area (Å²) in [5, 5.41) is 2.18. The fourth-order valence-corrected chi connectivity index (χ4v) is 6.04. The van der Waals surface area contributed by atoms with Crippen LogP contribution in [0.1, 0.15) is 37.7 Å². The third-order valence-corrected chi connectivity index (χ3v) is 8.23. The number of H-pyrrole nitrogens is 1. The van der Waals surface area contributed by atoms with Crippen molar-refractivity contribution in [3.8, 4) is 5.75 Å². The van der Waals surface area contributed by atoms with E-state index in [9.17, 15) is 18.0 Å². The largest absolute Gasteiger partial charge is 0.493 e. The Balaban J connectivity index is 1.01. The molecule has 1 unspecified atom stereocenters. The summed E-state index contributed by atoms with van der Waals surface area (Å²) in [7, 11) is 0. The predicted molar refractivity (Wildman–Crippen MR) is 147 cm³/mol. The standard InChI is InChI=1S/C30H32F3N5O2/c31-30(32,33)22-3-5-23(6-4-22)40-19-21-2-1-13-38(18-21)27(39)16-20-9-14-37(15-10-20)26-8-12-34-25-17-36-29-24(28(25)26)7-11-35-29/h3-8,11-12,17,20-21H,1-2,9-10,13-16,18-19H2,(H,35,36). The number of pyridine rings is 2. The summed E-state index contributed by atoms with van der Waals surface area (Å²) in [6.07, 6.45) is 5.47. The first-order chi connectivity index (χ1) is 19.3. The van der Waals surface area contributed by atoms with Crippen LogP contribution in [0.4, 0.5) is 18.9 Å². The Morgan fingerprint density at radius 1 is 1.00 bits per heavy atom. The number of benzene rings is 1. The number of ether oxygens (including phenoxy) is 1. The number of piperidine rings is 2. The topological polar surface area (TPSA) is 74.4 Å². The lowest BCUT2D eigenvalue weighted by atomic mass is 9.91. The minimum atomic E-state index is -4.36. The summed E-state index contributed by atoms with van der Waals surface area (Å²) < 4.78 is 44.1. The van der Waals surface area contributed by atoms with Gasteiger partial charge in [0.2, 0.25) is 5.91 Å². The molecule has 0 radical (unpaired) electrons. The van der Waals surface area contributed by atoms with Crippen LogP contribution in [-0.4, -0.2) is 58.5 Å². The molecule has 2 aliphatic rings. The van der Waals surface area contributed by atoms with Crippen molar-refractivity contribution < 1.29 is 22.7 Å². The van der Waals surface area contributed by atoms with Crippen LogP contribution in [0.15, 0.2) is 55.0 Å². The number of aromatic amines is 1. The minimum absolute atomic E-state index is 0.168. The molecule has 4 aromatic rings. The molecule has 5 heterocycles. The molecule has 7 nitrogen and oxygen atoms in total. The van der Waals surface area contributed by atoms with Gasteiger partial charge in [-0.1, -0.05) is 0 Å². The number of aromatic nitrogens is 3. The molecule has 6 rings (SSSR count). The quantitative estimate of drug-likeness (QED) is 0.316. The van der Waals surface area contributed by atoms with Crippen molar-refractivity contribution in [2.75, 3.05) is 37.7 Å². The zero-order valence-electron chi connectivity index (χ0n) is 22.2. The summed E-state index contributed by atoms with van der Waals surface area (Å²) in [5.41, 5.74) is 2.20. The van der Waals surface area contributed by atoms with E-state index in [1.54, 1.807) is 0 Å². The molecule has 2 fully saturated rings. The van der Waals surface area contributed by atoms with Gasteiger partial charge in [-0.3, -0.25) is 9.78 Å². The third-order valence-electron chi connectivity index (χ3n) is 8.23. The molecule has 2 aliphatic heterocycles. The molecule has 210 valence electrons. The van der Waals surface area contributed by atoms with Gasteiger partial charge in [0.15, 0.2) is 0 Å². The fourth-order valence-electron chi connectivity index (χ4n) is 6.04. The molecule has 2 saturated heterocycles. The summed E-state index contributed by atoms with van der Waals surface area (Å²) in [6.45, 7) is 3.53. The smallest absolute Gasteiger partial charge is 0.416 e.